The monoisotopic (exact) mass is 547 g/mol. The first kappa shape index (κ1) is 28.5. The Morgan fingerprint density at radius 1 is 0.872 bits per heavy atom. The van der Waals surface area contributed by atoms with Crippen LogP contribution in [0.25, 0.3) is 0 Å². The van der Waals surface area contributed by atoms with Crippen LogP contribution < -0.4 is 15.4 Å². The number of carbonyl (C=O) groups is 2. The number of hydrogen-bond donors (Lipinski definition) is 3. The van der Waals surface area contributed by atoms with Gasteiger partial charge in [-0.05, 0) is 80.3 Å². The van der Waals surface area contributed by atoms with E-state index < -0.39 is 10.0 Å². The molecule has 0 heterocycles. The van der Waals surface area contributed by atoms with Crippen LogP contribution >= 0.6 is 0 Å². The van der Waals surface area contributed by atoms with Gasteiger partial charge in [-0.3, -0.25) is 9.59 Å². The third-order valence-corrected chi connectivity index (χ3v) is 8.85. The van der Waals surface area contributed by atoms with Crippen LogP contribution in [0.15, 0.2) is 83.8 Å². The molecule has 7 nitrogen and oxygen atoms in total. The van der Waals surface area contributed by atoms with Crippen molar-refractivity contribution in [2.75, 3.05) is 5.32 Å². The lowest BCUT2D eigenvalue weighted by atomic mass is 9.78. The molecule has 3 aromatic rings. The van der Waals surface area contributed by atoms with Gasteiger partial charge in [-0.15, -0.1) is 0 Å². The smallest absolute Gasteiger partial charge is 0.241 e. The minimum absolute atomic E-state index is 0.0132. The summed E-state index contributed by atoms with van der Waals surface area (Å²) in [5.41, 5.74) is 3.74. The largest absolute Gasteiger partial charge is 0.352 e. The Balaban J connectivity index is 1.36. The number of amides is 2. The first-order valence-corrected chi connectivity index (χ1v) is 15.0. The van der Waals surface area contributed by atoms with Gasteiger partial charge in [-0.2, -0.15) is 0 Å². The second kappa shape index (κ2) is 13.0. The number of benzene rings is 3. The Labute approximate surface area is 231 Å². The summed E-state index contributed by atoms with van der Waals surface area (Å²) in [5, 5.41) is 5.73. The topological polar surface area (TPSA) is 104 Å². The van der Waals surface area contributed by atoms with E-state index in [-0.39, 0.29) is 28.7 Å². The Bertz CT molecular complexity index is 1350. The van der Waals surface area contributed by atoms with E-state index in [4.69, 9.17) is 0 Å². The highest BCUT2D eigenvalue weighted by atomic mass is 32.2. The first-order valence-electron chi connectivity index (χ1n) is 13.5. The molecule has 39 heavy (non-hydrogen) atoms. The van der Waals surface area contributed by atoms with Crippen LogP contribution in [-0.2, 0) is 26.2 Å². The predicted octanol–water partition coefficient (Wildman–Crippen LogP) is 5.49. The van der Waals surface area contributed by atoms with Crippen molar-refractivity contribution in [2.45, 2.75) is 63.4 Å². The maximum absolute atomic E-state index is 13.3. The molecule has 0 spiro atoms. The van der Waals surface area contributed by atoms with Gasteiger partial charge in [0.25, 0.3) is 0 Å². The summed E-state index contributed by atoms with van der Waals surface area (Å²) in [4.78, 5) is 24.2. The fraction of sp³-hybridized carbons (Fsp3) is 0.355. The zero-order valence-electron chi connectivity index (χ0n) is 22.5. The van der Waals surface area contributed by atoms with Crippen LogP contribution in [0.3, 0.4) is 0 Å². The zero-order chi connectivity index (χ0) is 27.8. The van der Waals surface area contributed by atoms with E-state index >= 15 is 0 Å². The molecule has 0 bridgehead atoms. The second-order valence-corrected chi connectivity index (χ2v) is 12.2. The normalized spacial score (nSPS) is 18.2. The van der Waals surface area contributed by atoms with Crippen molar-refractivity contribution in [2.24, 2.45) is 11.8 Å². The molecular formula is C31H37N3O4S. The van der Waals surface area contributed by atoms with E-state index in [2.05, 4.69) is 15.4 Å². The molecule has 1 fully saturated rings. The second-order valence-electron chi connectivity index (χ2n) is 10.4. The van der Waals surface area contributed by atoms with Gasteiger partial charge in [-0.25, -0.2) is 13.1 Å². The van der Waals surface area contributed by atoms with Gasteiger partial charge >= 0.3 is 0 Å². The van der Waals surface area contributed by atoms with Crippen LogP contribution in [0, 0.1) is 18.8 Å². The SMILES string of the molecule is CC(=O)Nc1ccc(S(=O)(=O)NC(CC2CCC(C(=O)NCc3ccc(C)cc3)CC2)c2ccccc2)cc1. The number of sulfonamides is 1. The lowest BCUT2D eigenvalue weighted by molar-refractivity contribution is -0.126. The van der Waals surface area contributed by atoms with Crippen LogP contribution in [0.4, 0.5) is 5.69 Å². The fourth-order valence-electron chi connectivity index (χ4n) is 5.15. The van der Waals surface area contributed by atoms with Gasteiger partial charge in [0.05, 0.1) is 4.90 Å². The number of rotatable bonds is 10. The molecule has 1 unspecified atom stereocenters. The summed E-state index contributed by atoms with van der Waals surface area (Å²) < 4.78 is 29.5. The number of aryl methyl sites for hydroxylation is 1. The molecule has 3 N–H and O–H groups in total. The average molecular weight is 548 g/mol. The highest BCUT2D eigenvalue weighted by Crippen LogP contribution is 2.35. The molecule has 4 rings (SSSR count). The summed E-state index contributed by atoms with van der Waals surface area (Å²) >= 11 is 0. The summed E-state index contributed by atoms with van der Waals surface area (Å²) in [5.74, 6) is 0.172. The quantitative estimate of drug-likeness (QED) is 0.312. The van der Waals surface area contributed by atoms with Crippen LogP contribution in [0.2, 0.25) is 0 Å². The molecule has 1 saturated carbocycles. The van der Waals surface area contributed by atoms with Crippen molar-refractivity contribution in [1.82, 2.24) is 10.0 Å². The summed E-state index contributed by atoms with van der Waals surface area (Å²) in [7, 11) is -3.79. The molecule has 1 aliphatic rings. The summed E-state index contributed by atoms with van der Waals surface area (Å²) in [6.45, 7) is 3.98. The summed E-state index contributed by atoms with van der Waals surface area (Å²) in [6.07, 6.45) is 4.00. The third kappa shape index (κ3) is 8.25. The van der Waals surface area contributed by atoms with E-state index in [1.807, 2.05) is 61.5 Å². The van der Waals surface area contributed by atoms with Gasteiger partial charge < -0.3 is 10.6 Å². The molecule has 2 amide bonds. The molecule has 1 aliphatic carbocycles. The lowest BCUT2D eigenvalue weighted by Crippen LogP contribution is -2.34. The van der Waals surface area contributed by atoms with Crippen LogP contribution in [0.1, 0.15) is 61.8 Å². The highest BCUT2D eigenvalue weighted by molar-refractivity contribution is 7.89. The average Bonchev–Trinajstić information content (AvgIpc) is 2.93. The van der Waals surface area contributed by atoms with E-state index in [9.17, 15) is 18.0 Å². The first-order chi connectivity index (χ1) is 18.7. The molecule has 1 atom stereocenters. The van der Waals surface area contributed by atoms with Crippen molar-refractivity contribution in [3.05, 3.63) is 95.6 Å². The molecule has 0 radical (unpaired) electrons. The van der Waals surface area contributed by atoms with Crippen molar-refractivity contribution in [1.29, 1.82) is 0 Å². The Morgan fingerprint density at radius 3 is 2.13 bits per heavy atom. The van der Waals surface area contributed by atoms with Gasteiger partial charge in [-0.1, -0.05) is 60.2 Å². The van der Waals surface area contributed by atoms with Gasteiger partial charge in [0.2, 0.25) is 21.8 Å². The standard InChI is InChI=1S/C31H37N3O4S/c1-22-8-10-25(11-9-22)21-32-31(36)27-14-12-24(13-15-27)20-30(26-6-4-3-5-7-26)34-39(37,38)29-18-16-28(17-19-29)33-23(2)35/h3-11,16-19,24,27,30,34H,12-15,20-21H2,1-2H3,(H,32,36)(H,33,35). The predicted molar refractivity (Wildman–Crippen MR) is 153 cm³/mol. The lowest BCUT2D eigenvalue weighted by Gasteiger charge is -2.31. The van der Waals surface area contributed by atoms with E-state index in [1.54, 1.807) is 12.1 Å². The Hall–Kier alpha value is -3.49. The Morgan fingerprint density at radius 2 is 1.51 bits per heavy atom. The number of nitrogens with one attached hydrogen (secondary N) is 3. The van der Waals surface area contributed by atoms with Gasteiger partial charge in [0.1, 0.15) is 0 Å². The van der Waals surface area contributed by atoms with Crippen molar-refractivity contribution >= 4 is 27.5 Å². The maximum Gasteiger partial charge on any atom is 0.241 e. The van der Waals surface area contributed by atoms with Crippen molar-refractivity contribution < 1.29 is 18.0 Å². The van der Waals surface area contributed by atoms with Gasteiger partial charge in [0.15, 0.2) is 0 Å². The fourth-order valence-corrected chi connectivity index (χ4v) is 6.38. The molecule has 0 aromatic heterocycles. The zero-order valence-corrected chi connectivity index (χ0v) is 23.3. The van der Waals surface area contributed by atoms with Crippen LogP contribution in [0.5, 0.6) is 0 Å². The molecule has 8 heteroatoms. The minimum atomic E-state index is -3.79. The molecule has 0 saturated heterocycles. The molecule has 206 valence electrons. The highest BCUT2D eigenvalue weighted by Gasteiger charge is 2.30. The molecule has 3 aromatic carbocycles. The summed E-state index contributed by atoms with van der Waals surface area (Å²) in [6, 6.07) is 23.6. The van der Waals surface area contributed by atoms with E-state index in [0.717, 1.165) is 36.8 Å². The van der Waals surface area contributed by atoms with E-state index in [1.165, 1.54) is 24.6 Å². The minimum Gasteiger partial charge on any atom is -0.352 e. The third-order valence-electron chi connectivity index (χ3n) is 7.36. The van der Waals surface area contributed by atoms with Crippen LogP contribution in [-0.4, -0.2) is 20.2 Å². The molecular weight excluding hydrogens is 510 g/mol. The van der Waals surface area contributed by atoms with Gasteiger partial charge in [0, 0.05) is 31.1 Å². The number of hydrogen-bond acceptors (Lipinski definition) is 4. The van der Waals surface area contributed by atoms with Crippen molar-refractivity contribution in [3.63, 3.8) is 0 Å². The number of carbonyl (C=O) groups excluding carboxylic acids is 2. The Kier molecular flexibility index (Phi) is 9.54. The van der Waals surface area contributed by atoms with E-state index in [0.29, 0.717) is 24.6 Å². The van der Waals surface area contributed by atoms with Crippen molar-refractivity contribution in [3.8, 4) is 0 Å². The number of anilines is 1. The molecule has 0 aliphatic heterocycles. The maximum atomic E-state index is 13.3.